The molecule has 145 valence electrons. The number of benzene rings is 3. The van der Waals surface area contributed by atoms with Crippen molar-refractivity contribution in [2.75, 3.05) is 6.61 Å². The lowest BCUT2D eigenvalue weighted by molar-refractivity contribution is -0.539. The predicted molar refractivity (Wildman–Crippen MR) is 111 cm³/mol. The van der Waals surface area contributed by atoms with Gasteiger partial charge in [-0.25, -0.2) is 0 Å². The van der Waals surface area contributed by atoms with E-state index in [4.69, 9.17) is 4.74 Å². The van der Waals surface area contributed by atoms with E-state index in [1.165, 1.54) is 0 Å². The van der Waals surface area contributed by atoms with Gasteiger partial charge in [-0.1, -0.05) is 53.6 Å². The highest BCUT2D eigenvalue weighted by atomic mass is 16.5. The number of fused-ring (bicyclic) bond motifs is 2. The molecule has 1 radical (unpaired) electrons. The molecular weight excluding hydrogens is 352 g/mol. The van der Waals surface area contributed by atoms with Crippen LogP contribution < -0.4 is 4.74 Å². The molecule has 3 aromatic carbocycles. The zero-order valence-corrected chi connectivity index (χ0v) is 16.9. The summed E-state index contributed by atoms with van der Waals surface area (Å²) in [6, 6.07) is 15.6. The van der Waals surface area contributed by atoms with Crippen molar-refractivity contribution in [2.24, 2.45) is 0 Å². The largest absolute Gasteiger partial charge is 0.714 e. The van der Waals surface area contributed by atoms with Gasteiger partial charge in [-0.15, -0.1) is 0 Å². The molecule has 0 aromatic heterocycles. The number of hydrogen-bond donors (Lipinski definition) is 0. The Balaban J connectivity index is 2.19. The van der Waals surface area contributed by atoms with Crippen molar-refractivity contribution >= 4 is 27.4 Å². The summed E-state index contributed by atoms with van der Waals surface area (Å²) in [5.41, 5.74) is -1.08. The first-order chi connectivity index (χ1) is 13.2. The topological polar surface area (TPSA) is 58.4 Å². The van der Waals surface area contributed by atoms with Crippen LogP contribution in [0.5, 0.6) is 5.75 Å². The van der Waals surface area contributed by atoms with Crippen molar-refractivity contribution in [1.29, 1.82) is 0 Å². The maximum absolute atomic E-state index is 13.4. The van der Waals surface area contributed by atoms with Crippen molar-refractivity contribution in [3.05, 3.63) is 59.3 Å². The number of amidine groups is 1. The summed E-state index contributed by atoms with van der Waals surface area (Å²) in [4.78, 5) is 0. The van der Waals surface area contributed by atoms with Crippen LogP contribution in [0.2, 0.25) is 0 Å². The third-order valence-corrected chi connectivity index (χ3v) is 6.29. The van der Waals surface area contributed by atoms with E-state index >= 15 is 0 Å². The first kappa shape index (κ1) is 18.6. The molecule has 1 aliphatic rings. The Labute approximate surface area is 165 Å². The van der Waals surface area contributed by atoms with Gasteiger partial charge in [-0.2, -0.15) is 0 Å². The normalized spacial score (nSPS) is 18.3. The molecule has 0 saturated heterocycles. The molecule has 1 heterocycles. The van der Waals surface area contributed by atoms with Crippen LogP contribution in [-0.2, 0) is 5.21 Å². The van der Waals surface area contributed by atoms with Crippen LogP contribution >= 0.6 is 0 Å². The molecule has 3 aromatic rings. The van der Waals surface area contributed by atoms with E-state index in [0.29, 0.717) is 12.2 Å². The molecule has 0 spiro atoms. The first-order valence-electron chi connectivity index (χ1n) is 9.61. The Morgan fingerprint density at radius 2 is 1.39 bits per heavy atom. The van der Waals surface area contributed by atoms with Crippen molar-refractivity contribution in [3.8, 4) is 5.75 Å². The molecular formula is C23H25N2O3. The Bertz CT molecular complexity index is 1060. The number of hydroxylamine groups is 3. The van der Waals surface area contributed by atoms with E-state index in [0.717, 1.165) is 37.1 Å². The SMILES string of the molecule is CCOc1c2ccccc2c(C2=[N+]([O-])C(C)(C)C(C)(C)N2[O])c2ccccc12. The number of rotatable bonds is 3. The fraction of sp³-hybridized carbons (Fsp3) is 0.348. The van der Waals surface area contributed by atoms with E-state index in [1.54, 1.807) is 0 Å². The molecule has 28 heavy (non-hydrogen) atoms. The van der Waals surface area contributed by atoms with E-state index in [1.807, 2.05) is 83.1 Å². The van der Waals surface area contributed by atoms with Gasteiger partial charge in [0.05, 0.1) is 12.2 Å². The van der Waals surface area contributed by atoms with Crippen LogP contribution in [0, 0.1) is 5.21 Å². The summed E-state index contributed by atoms with van der Waals surface area (Å²) in [5, 5.41) is 31.1. The minimum atomic E-state index is -0.870. The molecule has 4 rings (SSSR count). The van der Waals surface area contributed by atoms with Crippen LogP contribution in [0.15, 0.2) is 48.5 Å². The highest BCUT2D eigenvalue weighted by Crippen LogP contribution is 2.43. The molecule has 0 bridgehead atoms. The van der Waals surface area contributed by atoms with Crippen LogP contribution in [0.4, 0.5) is 0 Å². The molecule has 5 nitrogen and oxygen atoms in total. The monoisotopic (exact) mass is 377 g/mol. The molecule has 0 amide bonds. The summed E-state index contributed by atoms with van der Waals surface area (Å²) in [5.74, 6) is 0.940. The van der Waals surface area contributed by atoms with Crippen molar-refractivity contribution in [3.63, 3.8) is 0 Å². The Morgan fingerprint density at radius 3 is 1.79 bits per heavy atom. The molecule has 0 atom stereocenters. The van der Waals surface area contributed by atoms with Gasteiger partial charge in [0.2, 0.25) is 0 Å². The average molecular weight is 377 g/mol. The van der Waals surface area contributed by atoms with E-state index < -0.39 is 11.1 Å². The second kappa shape index (κ2) is 6.11. The molecule has 0 saturated carbocycles. The number of nitrogens with zero attached hydrogens (tertiary/aromatic N) is 2. The summed E-state index contributed by atoms with van der Waals surface area (Å²) in [7, 11) is 0. The van der Waals surface area contributed by atoms with Crippen LogP contribution in [0.1, 0.15) is 40.2 Å². The van der Waals surface area contributed by atoms with Crippen molar-refractivity contribution in [2.45, 2.75) is 45.7 Å². The maximum Gasteiger partial charge on any atom is 0.318 e. The van der Waals surface area contributed by atoms with Gasteiger partial charge in [0.1, 0.15) is 11.3 Å². The second-order valence-electron chi connectivity index (χ2n) is 8.26. The minimum absolute atomic E-state index is 0.158. The fourth-order valence-electron chi connectivity index (χ4n) is 3.94. The maximum atomic E-state index is 13.4. The molecule has 0 fully saturated rings. The average Bonchev–Trinajstić information content (AvgIpc) is 2.80. The predicted octanol–water partition coefficient (Wildman–Crippen LogP) is 4.87. The van der Waals surface area contributed by atoms with Crippen molar-refractivity contribution in [1.82, 2.24) is 5.06 Å². The van der Waals surface area contributed by atoms with Gasteiger partial charge in [-0.05, 0) is 34.6 Å². The highest BCUT2D eigenvalue weighted by molar-refractivity contribution is 6.21. The summed E-state index contributed by atoms with van der Waals surface area (Å²) >= 11 is 0. The number of hydrogen-bond acceptors (Lipinski definition) is 3. The van der Waals surface area contributed by atoms with E-state index in [9.17, 15) is 10.4 Å². The standard InChI is InChI=1S/C23H25N2O3/c1-6-28-20-17-13-9-7-11-15(17)19(16-12-8-10-14-18(16)20)21-24(26)22(2,3)23(4,5)25(21)27/h7-14H,6H2,1-5H3. The van der Waals surface area contributed by atoms with Gasteiger partial charge in [0.15, 0.2) is 5.54 Å². The smallest absolute Gasteiger partial charge is 0.318 e. The molecule has 5 heteroatoms. The van der Waals surface area contributed by atoms with Crippen LogP contribution in [0.25, 0.3) is 21.5 Å². The van der Waals surface area contributed by atoms with Gasteiger partial charge >= 0.3 is 5.84 Å². The highest BCUT2D eigenvalue weighted by Gasteiger charge is 2.60. The minimum Gasteiger partial charge on any atom is -0.714 e. The summed E-state index contributed by atoms with van der Waals surface area (Å²) in [6.45, 7) is 9.75. The molecule has 0 aliphatic carbocycles. The zero-order chi connectivity index (χ0) is 20.3. The third kappa shape index (κ3) is 2.26. The molecule has 0 unspecified atom stereocenters. The van der Waals surface area contributed by atoms with Crippen molar-refractivity contribution < 1.29 is 14.7 Å². The molecule has 1 aliphatic heterocycles. The quantitative estimate of drug-likeness (QED) is 0.372. The fourth-order valence-corrected chi connectivity index (χ4v) is 3.94. The lowest BCUT2D eigenvalue weighted by atomic mass is 9.84. The van der Waals surface area contributed by atoms with E-state index in [2.05, 4.69) is 0 Å². The van der Waals surface area contributed by atoms with Gasteiger partial charge in [-0.3, -0.25) is 4.74 Å². The lowest BCUT2D eigenvalue weighted by Gasteiger charge is -2.32. The van der Waals surface area contributed by atoms with Gasteiger partial charge in [0.25, 0.3) is 0 Å². The Kier molecular flexibility index (Phi) is 4.05. The van der Waals surface area contributed by atoms with Crippen LogP contribution in [-0.4, -0.2) is 33.3 Å². The Morgan fingerprint density at radius 1 is 0.929 bits per heavy atom. The first-order valence-corrected chi connectivity index (χ1v) is 9.61. The summed E-state index contributed by atoms with van der Waals surface area (Å²) < 4.78 is 6.88. The second-order valence-corrected chi connectivity index (χ2v) is 8.26. The Hall–Kier alpha value is -2.79. The summed E-state index contributed by atoms with van der Waals surface area (Å²) in [6.07, 6.45) is 0. The van der Waals surface area contributed by atoms with Crippen LogP contribution in [0.3, 0.4) is 0 Å². The lowest BCUT2D eigenvalue weighted by Crippen LogP contribution is -2.53. The van der Waals surface area contributed by atoms with Gasteiger partial charge < -0.3 is 9.94 Å². The van der Waals surface area contributed by atoms with Gasteiger partial charge in [0, 0.05) is 26.8 Å². The zero-order valence-electron chi connectivity index (χ0n) is 16.9. The third-order valence-electron chi connectivity index (χ3n) is 6.29. The molecule has 0 N–H and O–H groups in total. The number of ether oxygens (including phenoxy) is 1. The van der Waals surface area contributed by atoms with E-state index in [-0.39, 0.29) is 5.84 Å².